The predicted octanol–water partition coefficient (Wildman–Crippen LogP) is 2.11. The number of halogens is 3. The lowest BCUT2D eigenvalue weighted by atomic mass is 10.2. The highest BCUT2D eigenvalue weighted by Crippen LogP contribution is 2.29. The standard InChI is InChI=1S/C11H6F3N3O3S/c12-11(13,14)21(18,19)20-7-2-3-9-8(6-7)10-15-4-1-5-17(10)16-9/h1-6H. The van der Waals surface area contributed by atoms with Crippen LogP contribution in [0.3, 0.4) is 0 Å². The maximum atomic E-state index is 12.3. The molecule has 0 bridgehead atoms. The van der Waals surface area contributed by atoms with Crippen molar-refractivity contribution >= 4 is 26.7 Å². The quantitative estimate of drug-likeness (QED) is 0.534. The molecule has 0 unspecified atom stereocenters. The minimum absolute atomic E-state index is 0.377. The maximum absolute atomic E-state index is 12.3. The molecule has 1 aromatic carbocycles. The second-order valence-corrected chi connectivity index (χ2v) is 5.59. The number of rotatable bonds is 2. The van der Waals surface area contributed by atoms with E-state index in [2.05, 4.69) is 14.3 Å². The molecule has 0 spiro atoms. The van der Waals surface area contributed by atoms with E-state index in [1.165, 1.54) is 16.8 Å². The zero-order valence-corrected chi connectivity index (χ0v) is 10.9. The first kappa shape index (κ1) is 13.6. The predicted molar refractivity (Wildman–Crippen MR) is 66.1 cm³/mol. The monoisotopic (exact) mass is 317 g/mol. The van der Waals surface area contributed by atoms with Gasteiger partial charge in [-0.25, -0.2) is 9.50 Å². The van der Waals surface area contributed by atoms with Crippen molar-refractivity contribution in [1.29, 1.82) is 0 Å². The molecule has 21 heavy (non-hydrogen) atoms. The first-order chi connectivity index (χ1) is 9.78. The van der Waals surface area contributed by atoms with Crippen molar-refractivity contribution in [3.05, 3.63) is 36.7 Å². The summed E-state index contributed by atoms with van der Waals surface area (Å²) >= 11 is 0. The van der Waals surface area contributed by atoms with E-state index >= 15 is 0 Å². The van der Waals surface area contributed by atoms with Gasteiger partial charge in [-0.15, -0.1) is 0 Å². The average Bonchev–Trinajstić information content (AvgIpc) is 2.75. The largest absolute Gasteiger partial charge is 0.534 e. The van der Waals surface area contributed by atoms with E-state index in [0.717, 1.165) is 12.1 Å². The van der Waals surface area contributed by atoms with E-state index in [1.807, 2.05) is 0 Å². The van der Waals surface area contributed by atoms with E-state index in [-0.39, 0.29) is 0 Å². The summed E-state index contributed by atoms with van der Waals surface area (Å²) in [5, 5.41) is 4.51. The molecule has 0 fully saturated rings. The molecular weight excluding hydrogens is 311 g/mol. The lowest BCUT2D eigenvalue weighted by Gasteiger charge is -2.08. The van der Waals surface area contributed by atoms with E-state index < -0.39 is 21.4 Å². The molecule has 3 rings (SSSR count). The smallest absolute Gasteiger partial charge is 0.376 e. The zero-order chi connectivity index (χ0) is 15.3. The van der Waals surface area contributed by atoms with Crippen LogP contribution in [0.5, 0.6) is 5.75 Å². The van der Waals surface area contributed by atoms with Gasteiger partial charge in [0.05, 0.1) is 10.9 Å². The average molecular weight is 317 g/mol. The van der Waals surface area contributed by atoms with Gasteiger partial charge in [-0.3, -0.25) is 0 Å². The second kappa shape index (κ2) is 4.32. The molecule has 0 aliphatic carbocycles. The summed E-state index contributed by atoms with van der Waals surface area (Å²) < 4.78 is 64.3. The summed E-state index contributed by atoms with van der Waals surface area (Å²) in [5.74, 6) is -0.458. The third-order valence-corrected chi connectivity index (χ3v) is 3.62. The van der Waals surface area contributed by atoms with Crippen molar-refractivity contribution < 1.29 is 25.8 Å². The van der Waals surface area contributed by atoms with Crippen LogP contribution in [-0.4, -0.2) is 28.5 Å². The fourth-order valence-corrected chi connectivity index (χ4v) is 2.21. The van der Waals surface area contributed by atoms with Crippen LogP contribution in [0.25, 0.3) is 16.6 Å². The molecular formula is C11H6F3N3O3S. The Morgan fingerprint density at radius 3 is 2.71 bits per heavy atom. The number of hydrogen-bond donors (Lipinski definition) is 0. The molecule has 0 amide bonds. The number of benzene rings is 1. The lowest BCUT2D eigenvalue weighted by Crippen LogP contribution is -2.28. The third kappa shape index (κ3) is 2.27. The van der Waals surface area contributed by atoms with Crippen molar-refractivity contribution in [2.75, 3.05) is 0 Å². The molecule has 3 aromatic rings. The number of fused-ring (bicyclic) bond motifs is 3. The molecule has 0 aliphatic heterocycles. The fourth-order valence-electron chi connectivity index (χ4n) is 1.76. The molecule has 110 valence electrons. The Kier molecular flexibility index (Phi) is 2.80. The Morgan fingerprint density at radius 2 is 2.00 bits per heavy atom. The van der Waals surface area contributed by atoms with Gasteiger partial charge in [-0.05, 0) is 24.3 Å². The first-order valence-corrected chi connectivity index (χ1v) is 6.93. The molecule has 0 saturated carbocycles. The van der Waals surface area contributed by atoms with E-state index in [4.69, 9.17) is 0 Å². The highest BCUT2D eigenvalue weighted by atomic mass is 32.2. The Hall–Kier alpha value is -2.36. The summed E-state index contributed by atoms with van der Waals surface area (Å²) in [6, 6.07) is 5.22. The minimum Gasteiger partial charge on any atom is -0.376 e. The van der Waals surface area contributed by atoms with Crippen molar-refractivity contribution in [2.24, 2.45) is 0 Å². The van der Waals surface area contributed by atoms with Crippen LogP contribution >= 0.6 is 0 Å². The molecule has 2 heterocycles. The summed E-state index contributed by atoms with van der Waals surface area (Å²) in [4.78, 5) is 4.03. The summed E-state index contributed by atoms with van der Waals surface area (Å²) in [6.07, 6.45) is 3.09. The Morgan fingerprint density at radius 1 is 1.24 bits per heavy atom. The number of hydrogen-bond acceptors (Lipinski definition) is 5. The van der Waals surface area contributed by atoms with E-state index in [1.54, 1.807) is 12.3 Å². The van der Waals surface area contributed by atoms with Crippen LogP contribution in [-0.2, 0) is 10.1 Å². The van der Waals surface area contributed by atoms with Crippen LogP contribution in [0, 0.1) is 0 Å². The van der Waals surface area contributed by atoms with Crippen molar-refractivity contribution in [2.45, 2.75) is 5.51 Å². The molecule has 10 heteroatoms. The maximum Gasteiger partial charge on any atom is 0.534 e. The first-order valence-electron chi connectivity index (χ1n) is 5.52. The van der Waals surface area contributed by atoms with Crippen LogP contribution in [0.15, 0.2) is 36.7 Å². The molecule has 0 aliphatic rings. The van der Waals surface area contributed by atoms with E-state index in [0.29, 0.717) is 16.6 Å². The Balaban J connectivity index is 2.11. The fraction of sp³-hybridized carbons (Fsp3) is 0.0909. The summed E-state index contributed by atoms with van der Waals surface area (Å²) in [5.41, 5.74) is -4.66. The summed E-state index contributed by atoms with van der Waals surface area (Å²) in [6.45, 7) is 0. The van der Waals surface area contributed by atoms with Gasteiger partial charge in [0.15, 0.2) is 5.65 Å². The van der Waals surface area contributed by atoms with Gasteiger partial charge < -0.3 is 4.18 Å². The van der Waals surface area contributed by atoms with Gasteiger partial charge in [0.25, 0.3) is 0 Å². The normalized spacial score (nSPS) is 12.9. The van der Waals surface area contributed by atoms with Crippen LogP contribution in [0.2, 0.25) is 0 Å². The van der Waals surface area contributed by atoms with Crippen LogP contribution in [0.4, 0.5) is 13.2 Å². The SMILES string of the molecule is O=S(=O)(Oc1ccc2nn3cccnc3c2c1)C(F)(F)F. The van der Waals surface area contributed by atoms with Crippen molar-refractivity contribution in [3.63, 3.8) is 0 Å². The zero-order valence-electron chi connectivity index (χ0n) is 10.1. The summed E-state index contributed by atoms with van der Waals surface area (Å²) in [7, 11) is -5.70. The molecule has 0 atom stereocenters. The van der Waals surface area contributed by atoms with Crippen molar-refractivity contribution in [1.82, 2.24) is 14.6 Å². The highest BCUT2D eigenvalue weighted by molar-refractivity contribution is 7.88. The minimum atomic E-state index is -5.70. The van der Waals surface area contributed by atoms with E-state index in [9.17, 15) is 21.6 Å². The van der Waals surface area contributed by atoms with Gasteiger partial charge >= 0.3 is 15.6 Å². The Bertz CT molecular complexity index is 934. The van der Waals surface area contributed by atoms with Crippen LogP contribution in [0.1, 0.15) is 0 Å². The van der Waals surface area contributed by atoms with Gasteiger partial charge in [-0.2, -0.15) is 26.7 Å². The number of aromatic nitrogens is 3. The van der Waals surface area contributed by atoms with Gasteiger partial charge in [0, 0.05) is 12.4 Å². The lowest BCUT2D eigenvalue weighted by molar-refractivity contribution is -0.0500. The second-order valence-electron chi connectivity index (χ2n) is 4.05. The topological polar surface area (TPSA) is 73.6 Å². The molecule has 6 nitrogen and oxygen atoms in total. The van der Waals surface area contributed by atoms with Gasteiger partial charge in [0.1, 0.15) is 5.75 Å². The van der Waals surface area contributed by atoms with Gasteiger partial charge in [-0.1, -0.05) is 0 Å². The van der Waals surface area contributed by atoms with Gasteiger partial charge in [0.2, 0.25) is 0 Å². The molecule has 2 aromatic heterocycles. The molecule has 0 N–H and O–H groups in total. The van der Waals surface area contributed by atoms with Crippen LogP contribution < -0.4 is 4.18 Å². The third-order valence-electron chi connectivity index (χ3n) is 2.64. The molecule has 0 saturated heterocycles. The number of alkyl halides is 3. The molecule has 0 radical (unpaired) electrons. The van der Waals surface area contributed by atoms with Crippen molar-refractivity contribution in [3.8, 4) is 5.75 Å². The highest BCUT2D eigenvalue weighted by Gasteiger charge is 2.48. The Labute approximate surface area is 115 Å². The number of nitrogens with zero attached hydrogens (tertiary/aromatic N) is 3.